The summed E-state index contributed by atoms with van der Waals surface area (Å²) in [5.41, 5.74) is 0.422. The smallest absolute Gasteiger partial charge is 0.270 e. The van der Waals surface area contributed by atoms with Crippen molar-refractivity contribution in [1.29, 1.82) is 0 Å². The molecule has 0 fully saturated rings. The molecule has 26 heavy (non-hydrogen) atoms. The van der Waals surface area contributed by atoms with E-state index < -0.39 is 16.7 Å². The summed E-state index contributed by atoms with van der Waals surface area (Å²) >= 11 is 1.47. The number of carbonyl (C=O) groups is 2. The minimum absolute atomic E-state index is 0.0313. The van der Waals surface area contributed by atoms with Crippen LogP contribution < -0.4 is 0 Å². The quantitative estimate of drug-likeness (QED) is 0.396. The van der Waals surface area contributed by atoms with Gasteiger partial charge in [-0.2, -0.15) is 0 Å². The first-order valence-corrected chi connectivity index (χ1v) is 8.48. The molecule has 0 atom stereocenters. The van der Waals surface area contributed by atoms with E-state index in [1.807, 2.05) is 17.5 Å². The summed E-state index contributed by atoms with van der Waals surface area (Å²) < 4.78 is 5.63. The van der Waals surface area contributed by atoms with Crippen molar-refractivity contribution in [3.05, 3.63) is 68.4 Å². The number of rotatable bonds is 4. The first-order chi connectivity index (χ1) is 12.5. The van der Waals surface area contributed by atoms with Gasteiger partial charge in [0.1, 0.15) is 11.5 Å². The van der Waals surface area contributed by atoms with Crippen LogP contribution in [-0.4, -0.2) is 26.6 Å². The molecule has 130 valence electrons. The van der Waals surface area contributed by atoms with Crippen LogP contribution in [0.25, 0.3) is 10.8 Å². The van der Waals surface area contributed by atoms with E-state index >= 15 is 0 Å². The molecule has 2 aromatic heterocycles. The summed E-state index contributed by atoms with van der Waals surface area (Å²) in [6, 6.07) is 7.38. The highest BCUT2D eigenvalue weighted by molar-refractivity contribution is 7.13. The second kappa shape index (κ2) is 5.88. The van der Waals surface area contributed by atoms with E-state index in [2.05, 4.69) is 4.98 Å². The third-order valence-electron chi connectivity index (χ3n) is 4.10. The third-order valence-corrected chi connectivity index (χ3v) is 4.96. The maximum absolute atomic E-state index is 12.6. The van der Waals surface area contributed by atoms with Crippen molar-refractivity contribution in [1.82, 2.24) is 9.88 Å². The van der Waals surface area contributed by atoms with Crippen molar-refractivity contribution in [3.8, 4) is 10.8 Å². The van der Waals surface area contributed by atoms with Crippen molar-refractivity contribution < 1.29 is 18.9 Å². The number of non-ortho nitro benzene ring substituents is 1. The lowest BCUT2D eigenvalue weighted by Crippen LogP contribution is -2.29. The molecule has 0 N–H and O–H groups in total. The number of hydrogen-bond donors (Lipinski definition) is 0. The number of imide groups is 1. The van der Waals surface area contributed by atoms with Gasteiger partial charge in [-0.15, -0.1) is 11.3 Å². The Morgan fingerprint density at radius 2 is 2.00 bits per heavy atom. The lowest BCUT2D eigenvalue weighted by molar-refractivity contribution is -0.384. The van der Waals surface area contributed by atoms with Crippen molar-refractivity contribution in [2.75, 3.05) is 0 Å². The van der Waals surface area contributed by atoms with Crippen molar-refractivity contribution in [2.45, 2.75) is 13.5 Å². The Balaban J connectivity index is 1.65. The number of oxazole rings is 1. The number of nitro benzene ring substituents is 1. The van der Waals surface area contributed by atoms with Crippen LogP contribution in [0.5, 0.6) is 0 Å². The van der Waals surface area contributed by atoms with Gasteiger partial charge in [0.15, 0.2) is 0 Å². The number of nitro groups is 1. The number of amides is 2. The van der Waals surface area contributed by atoms with Crippen LogP contribution in [0.4, 0.5) is 5.69 Å². The summed E-state index contributed by atoms with van der Waals surface area (Å²) in [4.78, 5) is 41.6. The third kappa shape index (κ3) is 2.49. The van der Waals surface area contributed by atoms with E-state index in [9.17, 15) is 19.7 Å². The zero-order chi connectivity index (χ0) is 18.4. The van der Waals surface area contributed by atoms with Crippen LogP contribution >= 0.6 is 11.3 Å². The first kappa shape index (κ1) is 16.2. The Labute approximate surface area is 150 Å². The Hall–Kier alpha value is -3.33. The van der Waals surface area contributed by atoms with Gasteiger partial charge in [-0.05, 0) is 24.4 Å². The Morgan fingerprint density at radius 3 is 2.69 bits per heavy atom. The molecule has 1 aliphatic rings. The predicted octanol–water partition coefficient (Wildman–Crippen LogP) is 3.42. The minimum Gasteiger partial charge on any atom is -0.440 e. The minimum atomic E-state index is -0.601. The average molecular weight is 369 g/mol. The van der Waals surface area contributed by atoms with Crippen molar-refractivity contribution >= 4 is 28.8 Å². The summed E-state index contributed by atoms with van der Waals surface area (Å²) in [6.07, 6.45) is 0. The Kier molecular flexibility index (Phi) is 3.66. The monoisotopic (exact) mass is 369 g/mol. The maximum Gasteiger partial charge on any atom is 0.270 e. The van der Waals surface area contributed by atoms with E-state index in [1.165, 1.54) is 23.5 Å². The number of nitrogens with zero attached hydrogens (tertiary/aromatic N) is 3. The molecule has 4 rings (SSSR count). The molecule has 0 saturated carbocycles. The highest BCUT2D eigenvalue weighted by Crippen LogP contribution is 2.30. The highest BCUT2D eigenvalue weighted by Gasteiger charge is 2.37. The molecule has 8 nitrogen and oxygen atoms in total. The van der Waals surface area contributed by atoms with E-state index in [1.54, 1.807) is 6.92 Å². The molecule has 0 saturated heterocycles. The number of benzene rings is 1. The van der Waals surface area contributed by atoms with Gasteiger partial charge in [-0.3, -0.25) is 24.6 Å². The SMILES string of the molecule is Cc1oc(-c2cccs2)nc1CN1C(=O)c2ccc([N+](=O)[O-])cc2C1=O. The molecule has 3 aromatic rings. The van der Waals surface area contributed by atoms with E-state index in [0.717, 1.165) is 15.8 Å². The molecular weight excluding hydrogens is 358 g/mol. The van der Waals surface area contributed by atoms with Gasteiger partial charge in [-0.25, -0.2) is 4.98 Å². The molecule has 0 aliphatic carbocycles. The summed E-state index contributed by atoms with van der Waals surface area (Å²) in [7, 11) is 0. The number of aromatic nitrogens is 1. The van der Waals surface area contributed by atoms with Crippen LogP contribution in [0.1, 0.15) is 32.2 Å². The summed E-state index contributed by atoms with van der Waals surface area (Å²) in [5, 5.41) is 12.8. The van der Waals surface area contributed by atoms with E-state index in [0.29, 0.717) is 17.3 Å². The van der Waals surface area contributed by atoms with Crippen LogP contribution in [0.15, 0.2) is 40.1 Å². The predicted molar refractivity (Wildman–Crippen MR) is 91.9 cm³/mol. The molecule has 3 heterocycles. The fourth-order valence-electron chi connectivity index (χ4n) is 2.77. The number of fused-ring (bicyclic) bond motifs is 1. The molecule has 0 spiro atoms. The highest BCUT2D eigenvalue weighted by atomic mass is 32.1. The summed E-state index contributed by atoms with van der Waals surface area (Å²) in [5.74, 6) is -0.135. The molecule has 0 bridgehead atoms. The molecule has 1 aromatic carbocycles. The first-order valence-electron chi connectivity index (χ1n) is 7.60. The fraction of sp³-hybridized carbons (Fsp3) is 0.118. The van der Waals surface area contributed by atoms with Gasteiger partial charge >= 0.3 is 0 Å². The normalized spacial score (nSPS) is 13.3. The topological polar surface area (TPSA) is 107 Å². The fourth-order valence-corrected chi connectivity index (χ4v) is 3.42. The second-order valence-electron chi connectivity index (χ2n) is 5.68. The van der Waals surface area contributed by atoms with Crippen LogP contribution in [-0.2, 0) is 6.54 Å². The number of carbonyl (C=O) groups excluding carboxylic acids is 2. The van der Waals surface area contributed by atoms with Crippen LogP contribution in [0.2, 0.25) is 0 Å². The second-order valence-corrected chi connectivity index (χ2v) is 6.63. The number of hydrogen-bond acceptors (Lipinski definition) is 7. The summed E-state index contributed by atoms with van der Waals surface area (Å²) in [6.45, 7) is 1.66. The molecule has 2 amide bonds. The maximum atomic E-state index is 12.6. The van der Waals surface area contributed by atoms with E-state index in [4.69, 9.17) is 4.42 Å². The van der Waals surface area contributed by atoms with Gasteiger partial charge in [0.25, 0.3) is 17.5 Å². The van der Waals surface area contributed by atoms with Gasteiger partial charge in [0, 0.05) is 12.1 Å². The molecule has 9 heteroatoms. The van der Waals surface area contributed by atoms with Crippen molar-refractivity contribution in [3.63, 3.8) is 0 Å². The van der Waals surface area contributed by atoms with Gasteiger partial charge in [-0.1, -0.05) is 6.07 Å². The Morgan fingerprint density at radius 1 is 1.23 bits per heavy atom. The molecule has 0 radical (unpaired) electrons. The lowest BCUT2D eigenvalue weighted by Gasteiger charge is -2.11. The van der Waals surface area contributed by atoms with E-state index in [-0.39, 0.29) is 23.4 Å². The Bertz CT molecular complexity index is 1050. The zero-order valence-electron chi connectivity index (χ0n) is 13.5. The molecule has 0 unspecified atom stereocenters. The zero-order valence-corrected chi connectivity index (χ0v) is 14.3. The van der Waals surface area contributed by atoms with Crippen LogP contribution in [0.3, 0.4) is 0 Å². The lowest BCUT2D eigenvalue weighted by atomic mass is 10.1. The molecular formula is C17H11N3O5S. The number of aryl methyl sites for hydroxylation is 1. The van der Waals surface area contributed by atoms with Gasteiger partial charge in [0.05, 0.1) is 27.5 Å². The number of thiophene rings is 1. The average Bonchev–Trinajstić information content (AvgIpc) is 3.32. The van der Waals surface area contributed by atoms with Gasteiger partial charge < -0.3 is 4.42 Å². The largest absolute Gasteiger partial charge is 0.440 e. The standard InChI is InChI=1S/C17H11N3O5S/c1-9-13(18-15(25-9)14-3-2-6-26-14)8-19-16(21)11-5-4-10(20(23)24)7-12(11)17(19)22/h2-7H,8H2,1H3. The van der Waals surface area contributed by atoms with Crippen molar-refractivity contribution in [2.24, 2.45) is 0 Å². The van der Waals surface area contributed by atoms with Crippen LogP contribution in [0, 0.1) is 17.0 Å². The van der Waals surface area contributed by atoms with Gasteiger partial charge in [0.2, 0.25) is 5.89 Å². The molecule has 1 aliphatic heterocycles.